The Morgan fingerprint density at radius 3 is 2.55 bits per heavy atom. The van der Waals surface area contributed by atoms with E-state index >= 15 is 0 Å². The lowest BCUT2D eigenvalue weighted by atomic mass is 10.1. The molecule has 1 N–H and O–H groups in total. The fourth-order valence-electron chi connectivity index (χ4n) is 3.78. The van der Waals surface area contributed by atoms with E-state index in [-0.39, 0.29) is 5.91 Å². The van der Waals surface area contributed by atoms with Gasteiger partial charge < -0.3 is 15.0 Å². The molecule has 7 nitrogen and oxygen atoms in total. The Balaban J connectivity index is 1.26. The van der Waals surface area contributed by atoms with Gasteiger partial charge in [0.2, 0.25) is 5.91 Å². The Morgan fingerprint density at radius 2 is 1.84 bits per heavy atom. The zero-order valence-corrected chi connectivity index (χ0v) is 18.2. The van der Waals surface area contributed by atoms with Crippen LogP contribution in [0.2, 0.25) is 0 Å². The summed E-state index contributed by atoms with van der Waals surface area (Å²) in [4.78, 5) is 19.0. The molecule has 0 unspecified atom stereocenters. The highest BCUT2D eigenvalue weighted by molar-refractivity contribution is 5.76. The number of anilines is 1. The first-order chi connectivity index (χ1) is 15.1. The van der Waals surface area contributed by atoms with E-state index < -0.39 is 0 Å². The van der Waals surface area contributed by atoms with Crippen LogP contribution in [0.1, 0.15) is 28.9 Å². The van der Waals surface area contributed by atoms with Crippen molar-refractivity contribution in [1.82, 2.24) is 20.1 Å². The molecule has 7 heteroatoms. The highest BCUT2D eigenvalue weighted by Crippen LogP contribution is 2.15. The van der Waals surface area contributed by atoms with Crippen molar-refractivity contribution in [3.63, 3.8) is 0 Å². The third-order valence-electron chi connectivity index (χ3n) is 5.47. The van der Waals surface area contributed by atoms with E-state index in [0.29, 0.717) is 19.4 Å². The summed E-state index contributed by atoms with van der Waals surface area (Å²) in [5, 5.41) is 7.54. The predicted octanol–water partition coefficient (Wildman–Crippen LogP) is 2.97. The van der Waals surface area contributed by atoms with Crippen molar-refractivity contribution in [2.45, 2.75) is 33.2 Å². The van der Waals surface area contributed by atoms with E-state index in [2.05, 4.69) is 50.6 Å². The van der Waals surface area contributed by atoms with Gasteiger partial charge in [-0.2, -0.15) is 5.10 Å². The minimum atomic E-state index is 0.0485. The molecule has 1 aromatic carbocycles. The molecule has 0 aliphatic carbocycles. The molecule has 1 fully saturated rings. The molecule has 0 saturated carbocycles. The van der Waals surface area contributed by atoms with E-state index in [4.69, 9.17) is 4.74 Å². The Labute approximate surface area is 183 Å². The number of carbonyl (C=O) groups excluding carboxylic acids is 1. The van der Waals surface area contributed by atoms with Gasteiger partial charge in [-0.15, -0.1) is 0 Å². The lowest BCUT2D eigenvalue weighted by Gasteiger charge is -2.28. The second kappa shape index (κ2) is 9.75. The van der Waals surface area contributed by atoms with Crippen LogP contribution in [0.4, 0.5) is 5.82 Å². The van der Waals surface area contributed by atoms with Crippen molar-refractivity contribution >= 4 is 11.7 Å². The number of benzene rings is 1. The molecule has 0 radical (unpaired) electrons. The highest BCUT2D eigenvalue weighted by atomic mass is 16.5. The number of aromatic nitrogens is 3. The average molecular weight is 420 g/mol. The molecule has 3 aromatic rings. The molecule has 162 valence electrons. The lowest BCUT2D eigenvalue weighted by Crippen LogP contribution is -2.36. The van der Waals surface area contributed by atoms with E-state index in [9.17, 15) is 4.79 Å². The molecule has 1 aliphatic heterocycles. The van der Waals surface area contributed by atoms with Crippen molar-refractivity contribution in [3.05, 3.63) is 71.2 Å². The van der Waals surface area contributed by atoms with Crippen LogP contribution in [0.3, 0.4) is 0 Å². The smallest absolute Gasteiger partial charge is 0.220 e. The molecule has 1 saturated heterocycles. The normalized spacial score (nSPS) is 13.9. The lowest BCUT2D eigenvalue weighted by molar-refractivity contribution is -0.121. The first-order valence-corrected chi connectivity index (χ1v) is 10.8. The standard InChI is InChI=1S/C24H29N5O2/c1-18-15-19(2)29(27-18)22-6-3-20(4-7-22)5-8-24(30)26-17-21-9-10-25-23(16-21)28-11-13-31-14-12-28/h3-4,6-7,9-10,15-16H,5,8,11-14,17H2,1-2H3,(H,26,30). The zero-order chi connectivity index (χ0) is 21.6. The van der Waals surface area contributed by atoms with Gasteiger partial charge in [0, 0.05) is 37.9 Å². The van der Waals surface area contributed by atoms with Crippen molar-refractivity contribution in [2.24, 2.45) is 0 Å². The van der Waals surface area contributed by atoms with Crippen molar-refractivity contribution in [1.29, 1.82) is 0 Å². The number of nitrogens with one attached hydrogen (secondary N) is 1. The number of nitrogens with zero attached hydrogens (tertiary/aromatic N) is 4. The van der Waals surface area contributed by atoms with Crippen LogP contribution in [0.15, 0.2) is 48.7 Å². The van der Waals surface area contributed by atoms with Gasteiger partial charge in [-0.25, -0.2) is 9.67 Å². The predicted molar refractivity (Wildman–Crippen MR) is 120 cm³/mol. The van der Waals surface area contributed by atoms with Crippen LogP contribution in [-0.4, -0.2) is 47.0 Å². The fraction of sp³-hybridized carbons (Fsp3) is 0.375. The first kappa shape index (κ1) is 21.1. The van der Waals surface area contributed by atoms with Crippen LogP contribution >= 0.6 is 0 Å². The molecule has 4 rings (SSSR count). The van der Waals surface area contributed by atoms with Crippen LogP contribution in [0, 0.1) is 13.8 Å². The fourth-order valence-corrected chi connectivity index (χ4v) is 3.78. The average Bonchev–Trinajstić information content (AvgIpc) is 3.15. The van der Waals surface area contributed by atoms with E-state index in [1.54, 1.807) is 6.20 Å². The molecule has 1 amide bonds. The van der Waals surface area contributed by atoms with Crippen molar-refractivity contribution in [3.8, 4) is 5.69 Å². The van der Waals surface area contributed by atoms with Gasteiger partial charge in [0.25, 0.3) is 0 Å². The van der Waals surface area contributed by atoms with E-state index in [0.717, 1.165) is 60.3 Å². The third kappa shape index (κ3) is 5.49. The zero-order valence-electron chi connectivity index (χ0n) is 18.2. The second-order valence-electron chi connectivity index (χ2n) is 7.90. The summed E-state index contributed by atoms with van der Waals surface area (Å²) in [6.07, 6.45) is 2.97. The molecule has 31 heavy (non-hydrogen) atoms. The van der Waals surface area contributed by atoms with Crippen LogP contribution < -0.4 is 10.2 Å². The maximum absolute atomic E-state index is 12.3. The number of amides is 1. The second-order valence-corrected chi connectivity index (χ2v) is 7.90. The largest absolute Gasteiger partial charge is 0.378 e. The van der Waals surface area contributed by atoms with Gasteiger partial charge >= 0.3 is 0 Å². The molecule has 0 spiro atoms. The van der Waals surface area contributed by atoms with E-state index in [1.165, 1.54) is 0 Å². The van der Waals surface area contributed by atoms with Crippen LogP contribution in [-0.2, 0) is 22.5 Å². The number of ether oxygens (including phenoxy) is 1. The summed E-state index contributed by atoms with van der Waals surface area (Å²) in [7, 11) is 0. The van der Waals surface area contributed by atoms with Gasteiger partial charge in [0.15, 0.2) is 0 Å². The summed E-state index contributed by atoms with van der Waals surface area (Å²) in [6.45, 7) is 7.70. The molecular formula is C24H29N5O2. The summed E-state index contributed by atoms with van der Waals surface area (Å²) in [5.74, 6) is 0.991. The number of aryl methyl sites for hydroxylation is 3. The van der Waals surface area contributed by atoms with Crippen molar-refractivity contribution < 1.29 is 9.53 Å². The molecule has 0 bridgehead atoms. The van der Waals surface area contributed by atoms with Gasteiger partial charge in [-0.05, 0) is 61.7 Å². The topological polar surface area (TPSA) is 72.3 Å². The van der Waals surface area contributed by atoms with Crippen LogP contribution in [0.5, 0.6) is 0 Å². The minimum absolute atomic E-state index is 0.0485. The maximum atomic E-state index is 12.3. The van der Waals surface area contributed by atoms with Crippen molar-refractivity contribution in [2.75, 3.05) is 31.2 Å². The monoisotopic (exact) mass is 419 g/mol. The highest BCUT2D eigenvalue weighted by Gasteiger charge is 2.13. The van der Waals surface area contributed by atoms with E-state index in [1.807, 2.05) is 30.7 Å². The molecule has 2 aromatic heterocycles. The SMILES string of the molecule is Cc1cc(C)n(-c2ccc(CCC(=O)NCc3ccnc(N4CCOCC4)c3)cc2)n1. The molecule has 3 heterocycles. The number of rotatable bonds is 7. The number of pyridine rings is 1. The number of carbonyl (C=O) groups is 1. The molecule has 0 atom stereocenters. The number of hydrogen-bond acceptors (Lipinski definition) is 5. The Bertz CT molecular complexity index is 1020. The quantitative estimate of drug-likeness (QED) is 0.638. The Kier molecular flexibility index (Phi) is 6.62. The molecular weight excluding hydrogens is 390 g/mol. The Morgan fingerprint density at radius 1 is 1.06 bits per heavy atom. The number of hydrogen-bond donors (Lipinski definition) is 1. The Hall–Kier alpha value is -3.19. The number of morpholine rings is 1. The summed E-state index contributed by atoms with van der Waals surface area (Å²) in [6, 6.07) is 14.3. The summed E-state index contributed by atoms with van der Waals surface area (Å²) >= 11 is 0. The minimum Gasteiger partial charge on any atom is -0.378 e. The van der Waals surface area contributed by atoms with Crippen LogP contribution in [0.25, 0.3) is 5.69 Å². The molecule has 1 aliphatic rings. The summed E-state index contributed by atoms with van der Waals surface area (Å²) in [5.41, 5.74) is 5.34. The van der Waals surface area contributed by atoms with Gasteiger partial charge in [0.05, 0.1) is 24.6 Å². The first-order valence-electron chi connectivity index (χ1n) is 10.8. The van der Waals surface area contributed by atoms with Gasteiger partial charge in [-0.1, -0.05) is 12.1 Å². The third-order valence-corrected chi connectivity index (χ3v) is 5.47. The summed E-state index contributed by atoms with van der Waals surface area (Å²) < 4.78 is 7.33. The maximum Gasteiger partial charge on any atom is 0.220 e. The van der Waals surface area contributed by atoms with Gasteiger partial charge in [-0.3, -0.25) is 4.79 Å². The van der Waals surface area contributed by atoms with Gasteiger partial charge in [0.1, 0.15) is 5.82 Å².